The third-order valence-corrected chi connectivity index (χ3v) is 3.74. The number of rotatable bonds is 5. The fraction of sp³-hybridized carbons (Fsp3) is 0.571. The molecule has 2 rings (SSSR count). The number of hydrogen-bond donors (Lipinski definition) is 3. The van der Waals surface area contributed by atoms with Crippen LogP contribution in [0.3, 0.4) is 0 Å². The molecule has 1 atom stereocenters. The molecule has 0 spiro atoms. The van der Waals surface area contributed by atoms with Gasteiger partial charge in [-0.25, -0.2) is 14.8 Å². The number of aromatic nitrogens is 2. The lowest BCUT2D eigenvalue weighted by atomic mass is 10.1. The smallest absolute Gasteiger partial charge is 0.317 e. The van der Waals surface area contributed by atoms with Crippen LogP contribution in [0, 0.1) is 5.92 Å². The molecule has 2 amide bonds. The van der Waals surface area contributed by atoms with Crippen LogP contribution in [0.15, 0.2) is 12.4 Å². The van der Waals surface area contributed by atoms with E-state index in [9.17, 15) is 14.7 Å². The van der Waals surface area contributed by atoms with Crippen molar-refractivity contribution in [1.29, 1.82) is 0 Å². The minimum Gasteiger partial charge on any atom is -0.481 e. The molecule has 1 aliphatic rings. The van der Waals surface area contributed by atoms with E-state index in [1.165, 1.54) is 11.2 Å². The second-order valence-corrected chi connectivity index (χ2v) is 5.45. The average Bonchev–Trinajstić information content (AvgIpc) is 2.78. The Labute approximate surface area is 139 Å². The molecule has 132 valence electrons. The molecular weight excluding hydrogens is 316 g/mol. The number of hydrogen-bond acceptors (Lipinski definition) is 7. The number of aliphatic carboxylic acids is 1. The second-order valence-electron chi connectivity index (χ2n) is 5.45. The van der Waals surface area contributed by atoms with Gasteiger partial charge in [-0.3, -0.25) is 4.79 Å². The van der Waals surface area contributed by atoms with Crippen molar-refractivity contribution in [2.45, 2.75) is 0 Å². The fourth-order valence-corrected chi connectivity index (χ4v) is 2.47. The lowest BCUT2D eigenvalue weighted by molar-refractivity contribution is -0.141. The Hall–Kier alpha value is -2.62. The van der Waals surface area contributed by atoms with E-state index in [2.05, 4.69) is 15.3 Å². The van der Waals surface area contributed by atoms with Gasteiger partial charge in [0.2, 0.25) is 0 Å². The van der Waals surface area contributed by atoms with E-state index in [1.807, 2.05) is 0 Å². The molecule has 0 bridgehead atoms. The number of amides is 2. The molecule has 10 heteroatoms. The number of ether oxygens (including phenoxy) is 1. The first-order valence-corrected chi connectivity index (χ1v) is 7.58. The fourth-order valence-electron chi connectivity index (χ4n) is 2.47. The Morgan fingerprint density at radius 1 is 1.42 bits per heavy atom. The number of carbonyl (C=O) groups is 2. The largest absolute Gasteiger partial charge is 0.481 e. The van der Waals surface area contributed by atoms with Crippen LogP contribution in [0.5, 0.6) is 0 Å². The maximum Gasteiger partial charge on any atom is 0.317 e. The molecule has 1 aromatic heterocycles. The molecule has 0 saturated carbocycles. The van der Waals surface area contributed by atoms with E-state index >= 15 is 0 Å². The molecule has 0 radical (unpaired) electrons. The van der Waals surface area contributed by atoms with Crippen molar-refractivity contribution < 1.29 is 19.4 Å². The number of carboxylic acids is 1. The van der Waals surface area contributed by atoms with Crippen LogP contribution in [0.4, 0.5) is 16.4 Å². The van der Waals surface area contributed by atoms with Crippen LogP contribution in [0.2, 0.25) is 0 Å². The summed E-state index contributed by atoms with van der Waals surface area (Å²) in [5, 5.41) is 12.1. The van der Waals surface area contributed by atoms with Crippen molar-refractivity contribution in [3.8, 4) is 0 Å². The number of nitrogens with two attached hydrogens (primary N) is 1. The highest BCUT2D eigenvalue weighted by Gasteiger charge is 2.30. The van der Waals surface area contributed by atoms with Crippen LogP contribution in [-0.4, -0.2) is 78.4 Å². The van der Waals surface area contributed by atoms with Crippen molar-refractivity contribution in [1.82, 2.24) is 20.2 Å². The van der Waals surface area contributed by atoms with Crippen molar-refractivity contribution in [2.24, 2.45) is 5.92 Å². The second kappa shape index (κ2) is 8.29. The molecule has 2 heterocycles. The van der Waals surface area contributed by atoms with E-state index < -0.39 is 11.9 Å². The number of nitrogens with one attached hydrogen (secondary N) is 1. The van der Waals surface area contributed by atoms with Crippen molar-refractivity contribution in [3.05, 3.63) is 12.4 Å². The highest BCUT2D eigenvalue weighted by molar-refractivity contribution is 5.77. The van der Waals surface area contributed by atoms with Gasteiger partial charge >= 0.3 is 12.0 Å². The third-order valence-electron chi connectivity index (χ3n) is 3.74. The zero-order valence-electron chi connectivity index (χ0n) is 13.5. The van der Waals surface area contributed by atoms with Crippen LogP contribution in [0.1, 0.15) is 0 Å². The molecule has 24 heavy (non-hydrogen) atoms. The van der Waals surface area contributed by atoms with Gasteiger partial charge in [-0.1, -0.05) is 0 Å². The number of nitrogen functional groups attached to an aromatic ring is 1. The summed E-state index contributed by atoms with van der Waals surface area (Å²) in [5.41, 5.74) is 5.66. The first kappa shape index (κ1) is 17.7. The first-order chi connectivity index (χ1) is 11.5. The van der Waals surface area contributed by atoms with Gasteiger partial charge in [0.1, 0.15) is 18.0 Å². The summed E-state index contributed by atoms with van der Waals surface area (Å²) in [6, 6.07) is 1.29. The van der Waals surface area contributed by atoms with Crippen LogP contribution < -0.4 is 16.0 Å². The average molecular weight is 338 g/mol. The predicted octanol–water partition coefficient (Wildman–Crippen LogP) is -0.762. The van der Waals surface area contributed by atoms with Gasteiger partial charge in [-0.15, -0.1) is 0 Å². The zero-order valence-corrected chi connectivity index (χ0v) is 13.5. The SMILES string of the molecule is COCCNC(=O)N1CCN(c2cc(N)ncn2)CC(C(=O)O)C1. The van der Waals surface area contributed by atoms with Gasteiger partial charge in [-0.2, -0.15) is 0 Å². The lowest BCUT2D eigenvalue weighted by Gasteiger charge is -2.23. The lowest BCUT2D eigenvalue weighted by Crippen LogP contribution is -2.44. The molecule has 1 fully saturated rings. The monoisotopic (exact) mass is 338 g/mol. The number of urea groups is 1. The maximum atomic E-state index is 12.2. The maximum absolute atomic E-state index is 12.2. The molecule has 1 unspecified atom stereocenters. The van der Waals surface area contributed by atoms with Crippen molar-refractivity contribution >= 4 is 23.6 Å². The highest BCUT2D eigenvalue weighted by Crippen LogP contribution is 2.18. The summed E-state index contributed by atoms with van der Waals surface area (Å²) in [4.78, 5) is 35.0. The number of carboxylic acid groups (broad SMARTS) is 1. The number of carbonyl (C=O) groups excluding carboxylic acids is 1. The minimum absolute atomic E-state index is 0.130. The van der Waals surface area contributed by atoms with Gasteiger partial charge in [0, 0.05) is 45.9 Å². The van der Waals surface area contributed by atoms with Crippen LogP contribution in [-0.2, 0) is 9.53 Å². The Kier molecular flexibility index (Phi) is 6.13. The Morgan fingerprint density at radius 2 is 2.21 bits per heavy atom. The van der Waals surface area contributed by atoms with Gasteiger partial charge < -0.3 is 30.7 Å². The summed E-state index contributed by atoms with van der Waals surface area (Å²) in [6.45, 7) is 1.98. The highest BCUT2D eigenvalue weighted by atomic mass is 16.5. The van der Waals surface area contributed by atoms with E-state index in [1.54, 1.807) is 18.1 Å². The minimum atomic E-state index is -0.960. The molecular formula is C14H22N6O4. The Bertz CT molecular complexity index is 584. The van der Waals surface area contributed by atoms with Gasteiger partial charge in [0.25, 0.3) is 0 Å². The standard InChI is InChI=1S/C14H22N6O4/c1-24-5-2-16-14(23)20-4-3-19(7-10(8-20)13(21)22)12-6-11(15)17-9-18-12/h6,9-10H,2-5,7-8H2,1H3,(H,16,23)(H,21,22)(H2,15,17,18). The summed E-state index contributed by atoms with van der Waals surface area (Å²) in [5.74, 6) is -0.823. The van der Waals surface area contributed by atoms with E-state index in [0.29, 0.717) is 37.9 Å². The molecule has 4 N–H and O–H groups in total. The van der Waals surface area contributed by atoms with Crippen LogP contribution in [0.25, 0.3) is 0 Å². The molecule has 1 saturated heterocycles. The normalized spacial score (nSPS) is 18.1. The van der Waals surface area contributed by atoms with Gasteiger partial charge in [-0.05, 0) is 0 Å². The molecule has 1 aliphatic heterocycles. The Morgan fingerprint density at radius 3 is 2.88 bits per heavy atom. The number of anilines is 2. The van der Waals surface area contributed by atoms with E-state index in [4.69, 9.17) is 10.5 Å². The summed E-state index contributed by atoms with van der Waals surface area (Å²) in [7, 11) is 1.55. The molecule has 10 nitrogen and oxygen atoms in total. The molecule has 0 aromatic carbocycles. The summed E-state index contributed by atoms with van der Waals surface area (Å²) >= 11 is 0. The zero-order chi connectivity index (χ0) is 17.5. The third kappa shape index (κ3) is 4.69. The van der Waals surface area contributed by atoms with Crippen LogP contribution >= 0.6 is 0 Å². The topological polar surface area (TPSA) is 134 Å². The van der Waals surface area contributed by atoms with Crippen molar-refractivity contribution in [3.63, 3.8) is 0 Å². The van der Waals surface area contributed by atoms with E-state index in [0.717, 1.165) is 0 Å². The number of methoxy groups -OCH3 is 1. The summed E-state index contributed by atoms with van der Waals surface area (Å²) in [6.07, 6.45) is 1.33. The van der Waals surface area contributed by atoms with E-state index in [-0.39, 0.29) is 19.1 Å². The summed E-state index contributed by atoms with van der Waals surface area (Å²) < 4.78 is 4.89. The molecule has 0 aliphatic carbocycles. The predicted molar refractivity (Wildman–Crippen MR) is 86.6 cm³/mol. The Balaban J connectivity index is 2.09. The van der Waals surface area contributed by atoms with Crippen molar-refractivity contribution in [2.75, 3.05) is 57.1 Å². The quantitative estimate of drug-likeness (QED) is 0.596. The van der Waals surface area contributed by atoms with Gasteiger partial charge in [0.05, 0.1) is 12.5 Å². The molecule has 1 aromatic rings. The first-order valence-electron chi connectivity index (χ1n) is 7.58. The number of nitrogens with zero attached hydrogens (tertiary/aromatic N) is 4. The van der Waals surface area contributed by atoms with Gasteiger partial charge in [0.15, 0.2) is 0 Å².